The Bertz CT molecular complexity index is 1410. The number of aliphatic imine (C=N–C) groups is 2. The zero-order valence-electron chi connectivity index (χ0n) is 24.9. The van der Waals surface area contributed by atoms with Crippen LogP contribution in [0.3, 0.4) is 0 Å². The SMILES string of the molecule is CC(CO)OC(/N=C\C(=C/N)c1nc(C(=O)N/C(C=NC2CCCCC2)=C(/N)c2nc(F)ccc2F)cs1)C(O)C(O)C(C)O. The molecule has 16 heteroatoms. The van der Waals surface area contributed by atoms with Crippen LogP contribution in [0.4, 0.5) is 8.78 Å². The van der Waals surface area contributed by atoms with Crippen molar-refractivity contribution in [1.82, 2.24) is 15.3 Å². The molecule has 2 heterocycles. The Balaban J connectivity index is 1.86. The number of ether oxygens (including phenoxy) is 1. The van der Waals surface area contributed by atoms with Gasteiger partial charge in [-0.2, -0.15) is 4.39 Å². The maximum atomic E-state index is 14.5. The average Bonchev–Trinajstić information content (AvgIpc) is 3.53. The predicted octanol–water partition coefficient (Wildman–Crippen LogP) is 1.47. The minimum Gasteiger partial charge on any atom is -0.404 e. The van der Waals surface area contributed by atoms with Gasteiger partial charge in [0.2, 0.25) is 5.95 Å². The Hall–Kier alpha value is -3.67. The fraction of sp³-hybridized carbons (Fsp3) is 0.483. The van der Waals surface area contributed by atoms with Crippen molar-refractivity contribution in [3.63, 3.8) is 0 Å². The third-order valence-electron chi connectivity index (χ3n) is 6.88. The van der Waals surface area contributed by atoms with Gasteiger partial charge in [0.05, 0.1) is 36.3 Å². The zero-order valence-corrected chi connectivity index (χ0v) is 25.7. The standard InChI is InChI=1S/C29H39F2N7O6S/c1-15(13-39)44-28(26(42)25(41)16(2)40)35-11-17(10-32)29-37-21(14-45-29)27(43)36-20(12-34-18-6-4-3-5-7-18)23(33)24-19(30)8-9-22(31)38-24/h8-12,14-16,18,25-26,28,39-42H,3-7,13,32-33H2,1-2H3,(H,36,43)/b17-10+,23-20+,34-12?,35-11-. The molecule has 0 radical (unpaired) electrons. The molecule has 0 saturated heterocycles. The van der Waals surface area contributed by atoms with E-state index in [1.807, 2.05) is 0 Å². The molecule has 5 unspecified atom stereocenters. The van der Waals surface area contributed by atoms with Gasteiger partial charge in [-0.1, -0.05) is 19.3 Å². The summed E-state index contributed by atoms with van der Waals surface area (Å²) in [5, 5.41) is 43.8. The Morgan fingerprint density at radius 3 is 2.51 bits per heavy atom. The van der Waals surface area contributed by atoms with Gasteiger partial charge in [-0.05, 0) is 38.8 Å². The number of rotatable bonds is 14. The second-order valence-electron chi connectivity index (χ2n) is 10.5. The van der Waals surface area contributed by atoms with E-state index in [0.717, 1.165) is 61.8 Å². The number of pyridine rings is 1. The van der Waals surface area contributed by atoms with Gasteiger partial charge in [0.15, 0.2) is 12.0 Å². The first kappa shape index (κ1) is 35.8. The number of halogens is 2. The summed E-state index contributed by atoms with van der Waals surface area (Å²) in [4.78, 5) is 29.7. The molecule has 1 fully saturated rings. The monoisotopic (exact) mass is 651 g/mol. The number of allylic oxidation sites excluding steroid dienone is 2. The third kappa shape index (κ3) is 10.2. The van der Waals surface area contributed by atoms with E-state index in [9.17, 15) is 34.0 Å². The van der Waals surface area contributed by atoms with Crippen LogP contribution in [-0.4, -0.2) is 92.0 Å². The summed E-state index contributed by atoms with van der Waals surface area (Å²) in [5.74, 6) is -2.58. The van der Waals surface area contributed by atoms with Crippen molar-refractivity contribution in [3.05, 3.63) is 57.6 Å². The number of aliphatic hydroxyl groups excluding tert-OH is 4. The van der Waals surface area contributed by atoms with Crippen LogP contribution in [0.2, 0.25) is 0 Å². The Labute approximate surface area is 263 Å². The molecule has 3 rings (SSSR count). The smallest absolute Gasteiger partial charge is 0.275 e. The molecule has 246 valence electrons. The maximum absolute atomic E-state index is 14.5. The van der Waals surface area contributed by atoms with E-state index < -0.39 is 60.6 Å². The molecule has 1 amide bonds. The number of nitrogens with zero attached hydrogens (tertiary/aromatic N) is 4. The van der Waals surface area contributed by atoms with Gasteiger partial charge < -0.3 is 41.9 Å². The van der Waals surface area contributed by atoms with E-state index in [-0.39, 0.29) is 33.7 Å². The lowest BCUT2D eigenvalue weighted by molar-refractivity contribution is -0.137. The number of thiazole rings is 1. The molecule has 0 spiro atoms. The van der Waals surface area contributed by atoms with Crippen molar-refractivity contribution in [2.75, 3.05) is 6.61 Å². The lowest BCUT2D eigenvalue weighted by atomic mass is 9.96. The fourth-order valence-corrected chi connectivity index (χ4v) is 5.06. The van der Waals surface area contributed by atoms with Crippen molar-refractivity contribution in [2.24, 2.45) is 21.5 Å². The fourth-order valence-electron chi connectivity index (χ4n) is 4.27. The highest BCUT2D eigenvalue weighted by Gasteiger charge is 2.31. The lowest BCUT2D eigenvalue weighted by Crippen LogP contribution is -2.45. The van der Waals surface area contributed by atoms with Crippen LogP contribution in [0.15, 0.2) is 39.4 Å². The van der Waals surface area contributed by atoms with E-state index in [1.165, 1.54) is 31.7 Å². The average molecular weight is 652 g/mol. The van der Waals surface area contributed by atoms with Gasteiger partial charge in [0.1, 0.15) is 28.6 Å². The van der Waals surface area contributed by atoms with Crippen molar-refractivity contribution < 1.29 is 38.7 Å². The van der Waals surface area contributed by atoms with E-state index in [2.05, 4.69) is 25.3 Å². The first-order valence-corrected chi connectivity index (χ1v) is 15.2. The van der Waals surface area contributed by atoms with Crippen molar-refractivity contribution >= 4 is 40.9 Å². The molecule has 1 aliphatic rings. The summed E-state index contributed by atoms with van der Waals surface area (Å²) >= 11 is 1.03. The Kier molecular flexibility index (Phi) is 13.6. The quantitative estimate of drug-likeness (QED) is 0.115. The van der Waals surface area contributed by atoms with E-state index in [4.69, 9.17) is 16.2 Å². The number of nitrogens with one attached hydrogen (secondary N) is 1. The minimum absolute atomic E-state index is 0.0143. The Morgan fingerprint density at radius 2 is 1.87 bits per heavy atom. The first-order chi connectivity index (χ1) is 21.4. The molecule has 1 saturated carbocycles. The molecular weight excluding hydrogens is 612 g/mol. The molecule has 45 heavy (non-hydrogen) atoms. The molecule has 1 aliphatic carbocycles. The van der Waals surface area contributed by atoms with E-state index in [0.29, 0.717) is 0 Å². The summed E-state index contributed by atoms with van der Waals surface area (Å²) in [5.41, 5.74) is 11.2. The van der Waals surface area contributed by atoms with Crippen LogP contribution >= 0.6 is 11.3 Å². The van der Waals surface area contributed by atoms with Crippen LogP contribution in [0.5, 0.6) is 0 Å². The molecule has 0 aliphatic heterocycles. The van der Waals surface area contributed by atoms with E-state index in [1.54, 1.807) is 0 Å². The number of hydrogen-bond acceptors (Lipinski definition) is 13. The van der Waals surface area contributed by atoms with Crippen LogP contribution < -0.4 is 16.8 Å². The van der Waals surface area contributed by atoms with Crippen LogP contribution in [-0.2, 0) is 4.74 Å². The number of aliphatic hydroxyl groups is 4. The molecular formula is C29H39F2N7O6S. The number of amides is 1. The first-order valence-electron chi connectivity index (χ1n) is 14.3. The molecule has 0 bridgehead atoms. The van der Waals surface area contributed by atoms with Crippen molar-refractivity contribution in [2.45, 2.75) is 82.6 Å². The summed E-state index contributed by atoms with van der Waals surface area (Å²) in [7, 11) is 0. The van der Waals surface area contributed by atoms with Gasteiger partial charge in [0, 0.05) is 29.6 Å². The highest BCUT2D eigenvalue weighted by atomic mass is 32.1. The highest BCUT2D eigenvalue weighted by Crippen LogP contribution is 2.22. The van der Waals surface area contributed by atoms with Crippen molar-refractivity contribution in [3.8, 4) is 0 Å². The maximum Gasteiger partial charge on any atom is 0.275 e. The van der Waals surface area contributed by atoms with Crippen LogP contribution in [0.1, 0.15) is 67.1 Å². The summed E-state index contributed by atoms with van der Waals surface area (Å²) in [6.07, 6.45) is 1.72. The third-order valence-corrected chi connectivity index (χ3v) is 7.78. The predicted molar refractivity (Wildman–Crippen MR) is 166 cm³/mol. The summed E-state index contributed by atoms with van der Waals surface area (Å²) in [6.45, 7) is 2.39. The summed E-state index contributed by atoms with van der Waals surface area (Å²) < 4.78 is 33.8. The highest BCUT2D eigenvalue weighted by molar-refractivity contribution is 7.11. The zero-order chi connectivity index (χ0) is 33.1. The number of carbonyl (C=O) groups is 1. The van der Waals surface area contributed by atoms with Gasteiger partial charge in [-0.25, -0.2) is 14.4 Å². The molecule has 2 aromatic heterocycles. The van der Waals surface area contributed by atoms with E-state index >= 15 is 0 Å². The van der Waals surface area contributed by atoms with Gasteiger partial charge in [-0.15, -0.1) is 11.3 Å². The minimum atomic E-state index is -1.66. The number of carbonyl (C=O) groups excluding carboxylic acids is 1. The van der Waals surface area contributed by atoms with Crippen LogP contribution in [0, 0.1) is 11.8 Å². The molecule has 0 aromatic carbocycles. The van der Waals surface area contributed by atoms with Gasteiger partial charge in [-0.3, -0.25) is 14.8 Å². The second-order valence-corrected chi connectivity index (χ2v) is 11.4. The number of nitrogens with two attached hydrogens (primary N) is 2. The normalized spacial score (nSPS) is 18.9. The van der Waals surface area contributed by atoms with Crippen molar-refractivity contribution in [1.29, 1.82) is 0 Å². The molecule has 13 nitrogen and oxygen atoms in total. The summed E-state index contributed by atoms with van der Waals surface area (Å²) in [6, 6.07) is 1.71. The topological polar surface area (TPSA) is 222 Å². The Morgan fingerprint density at radius 1 is 1.16 bits per heavy atom. The van der Waals surface area contributed by atoms with Gasteiger partial charge in [0.25, 0.3) is 5.91 Å². The number of hydrogen-bond donors (Lipinski definition) is 7. The van der Waals surface area contributed by atoms with Crippen LogP contribution in [0.25, 0.3) is 11.3 Å². The number of aromatic nitrogens is 2. The molecule has 5 atom stereocenters. The molecule has 2 aromatic rings. The van der Waals surface area contributed by atoms with Gasteiger partial charge >= 0.3 is 0 Å². The molecule has 9 N–H and O–H groups in total. The lowest BCUT2D eigenvalue weighted by Gasteiger charge is -2.27. The second kappa shape index (κ2) is 17.1. The largest absolute Gasteiger partial charge is 0.404 e.